The van der Waals surface area contributed by atoms with E-state index >= 15 is 0 Å². The molecule has 0 saturated carbocycles. The van der Waals surface area contributed by atoms with Crippen LogP contribution >= 0.6 is 0 Å². The van der Waals surface area contributed by atoms with Crippen molar-refractivity contribution in [3.8, 4) is 5.75 Å². The number of rotatable bonds is 4. The molecule has 152 valence electrons. The quantitative estimate of drug-likeness (QED) is 0.556. The highest BCUT2D eigenvalue weighted by atomic mass is 19.4. The van der Waals surface area contributed by atoms with Crippen molar-refractivity contribution < 1.29 is 45.3 Å². The van der Waals surface area contributed by atoms with Crippen LogP contribution < -0.4 is 4.74 Å². The van der Waals surface area contributed by atoms with Crippen LogP contribution in [0.5, 0.6) is 5.75 Å². The molecule has 0 spiro atoms. The smallest absolute Gasteiger partial charge is 0.417 e. The third-order valence-electron chi connectivity index (χ3n) is 5.06. The number of hydrogen-bond acceptors (Lipinski definition) is 4. The summed E-state index contributed by atoms with van der Waals surface area (Å²) in [5.74, 6) is -5.73. The van der Waals surface area contributed by atoms with Crippen molar-refractivity contribution in [2.75, 3.05) is 14.2 Å². The lowest BCUT2D eigenvalue weighted by Crippen LogP contribution is -2.47. The van der Waals surface area contributed by atoms with Gasteiger partial charge in [0.1, 0.15) is 11.6 Å². The van der Waals surface area contributed by atoms with Crippen LogP contribution in [0.25, 0.3) is 0 Å². The second kappa shape index (κ2) is 7.21. The Balaban J connectivity index is 2.70. The maximum atomic E-state index is 13.9. The summed E-state index contributed by atoms with van der Waals surface area (Å²) >= 11 is 0. The van der Waals surface area contributed by atoms with Gasteiger partial charge in [-0.25, -0.2) is 18.0 Å². The van der Waals surface area contributed by atoms with Crippen molar-refractivity contribution in [1.29, 1.82) is 0 Å². The van der Waals surface area contributed by atoms with Gasteiger partial charge in [0.05, 0.1) is 19.8 Å². The molecule has 1 fully saturated rings. The zero-order valence-corrected chi connectivity index (χ0v) is 14.9. The molecule has 4 nitrogen and oxygen atoms in total. The number of benzene rings is 1. The molecule has 0 bridgehead atoms. The first-order chi connectivity index (χ1) is 12.4. The highest BCUT2D eigenvalue weighted by Crippen LogP contribution is 2.55. The fourth-order valence-electron chi connectivity index (χ4n) is 3.40. The van der Waals surface area contributed by atoms with Crippen LogP contribution in [0.3, 0.4) is 0 Å². The normalized spacial score (nSPS) is 28.5. The topological polar surface area (TPSA) is 44.8 Å². The van der Waals surface area contributed by atoms with Crippen LogP contribution in [0, 0.1) is 11.7 Å². The number of carbonyl (C=O) groups excluding carboxylic acids is 1. The van der Waals surface area contributed by atoms with Gasteiger partial charge in [0, 0.05) is 17.4 Å². The van der Waals surface area contributed by atoms with Crippen LogP contribution in [0.2, 0.25) is 0 Å². The lowest BCUT2D eigenvalue weighted by molar-refractivity contribution is -0.274. The molecule has 1 aromatic carbocycles. The molecule has 0 N–H and O–H groups in total. The molecular weight excluding hydrogens is 382 g/mol. The Labute approximate surface area is 151 Å². The van der Waals surface area contributed by atoms with E-state index in [0.717, 1.165) is 27.2 Å². The predicted octanol–water partition coefficient (Wildman–Crippen LogP) is 4.38. The maximum absolute atomic E-state index is 13.9. The molecule has 0 radical (unpaired) electrons. The maximum Gasteiger partial charge on any atom is 0.417 e. The van der Waals surface area contributed by atoms with Crippen molar-refractivity contribution in [3.63, 3.8) is 0 Å². The highest BCUT2D eigenvalue weighted by molar-refractivity contribution is 5.77. The van der Waals surface area contributed by atoms with Crippen molar-refractivity contribution in [3.05, 3.63) is 29.1 Å². The first kappa shape index (κ1) is 21.3. The van der Waals surface area contributed by atoms with Gasteiger partial charge in [0.25, 0.3) is 6.43 Å². The average Bonchev–Trinajstić information content (AvgIpc) is 2.86. The molecule has 10 heteroatoms. The van der Waals surface area contributed by atoms with E-state index in [2.05, 4.69) is 4.74 Å². The van der Waals surface area contributed by atoms with E-state index < -0.39 is 59.2 Å². The summed E-state index contributed by atoms with van der Waals surface area (Å²) in [4.78, 5) is 12.1. The second-order valence-electron chi connectivity index (χ2n) is 6.37. The number of hydrogen-bond donors (Lipinski definition) is 0. The molecule has 0 aliphatic carbocycles. The number of carbonyl (C=O) groups is 1. The van der Waals surface area contributed by atoms with E-state index in [1.54, 1.807) is 0 Å². The van der Waals surface area contributed by atoms with Gasteiger partial charge < -0.3 is 14.2 Å². The van der Waals surface area contributed by atoms with Gasteiger partial charge in [0.2, 0.25) is 0 Å². The molecule has 0 amide bonds. The summed E-state index contributed by atoms with van der Waals surface area (Å²) in [5, 5.41) is 0. The standard InChI is InChI=1S/C17H18F6O4/c1-7-10(8-5-6-9(18)11(14(19)20)12(8)25-3)13(15(24)26-4)27-16(7,2)17(21,22)23/h5-7,10,13-14H,1-4H3/t7-,10-,13+,16+/m1/s1. The Morgan fingerprint density at radius 3 is 2.30 bits per heavy atom. The Morgan fingerprint density at radius 1 is 1.26 bits per heavy atom. The summed E-state index contributed by atoms with van der Waals surface area (Å²) in [5.41, 5.74) is -4.03. The van der Waals surface area contributed by atoms with Gasteiger partial charge in [-0.3, -0.25) is 0 Å². The van der Waals surface area contributed by atoms with Crippen LogP contribution in [0.1, 0.15) is 37.3 Å². The Morgan fingerprint density at radius 2 is 1.85 bits per heavy atom. The summed E-state index contributed by atoms with van der Waals surface area (Å²) < 4.78 is 95.6. The summed E-state index contributed by atoms with van der Waals surface area (Å²) in [6.45, 7) is 1.93. The zero-order valence-electron chi connectivity index (χ0n) is 14.9. The first-order valence-electron chi connectivity index (χ1n) is 7.87. The third-order valence-corrected chi connectivity index (χ3v) is 5.06. The predicted molar refractivity (Wildman–Crippen MR) is 81.2 cm³/mol. The van der Waals surface area contributed by atoms with Gasteiger partial charge in [-0.15, -0.1) is 0 Å². The largest absolute Gasteiger partial charge is 0.496 e. The van der Waals surface area contributed by atoms with Crippen molar-refractivity contribution in [2.45, 2.75) is 44.1 Å². The highest BCUT2D eigenvalue weighted by Gasteiger charge is 2.66. The molecule has 1 saturated heterocycles. The number of ether oxygens (including phenoxy) is 3. The third kappa shape index (κ3) is 3.35. The Bertz CT molecular complexity index is 720. The summed E-state index contributed by atoms with van der Waals surface area (Å²) in [6, 6.07) is 1.71. The van der Waals surface area contributed by atoms with Gasteiger partial charge in [-0.1, -0.05) is 13.0 Å². The molecule has 0 aromatic heterocycles. The van der Waals surface area contributed by atoms with Crippen LogP contribution in [-0.4, -0.2) is 38.1 Å². The average molecular weight is 400 g/mol. The van der Waals surface area contributed by atoms with Crippen molar-refractivity contribution >= 4 is 5.97 Å². The molecular formula is C17H18F6O4. The van der Waals surface area contributed by atoms with Gasteiger partial charge in [0.15, 0.2) is 11.7 Å². The molecule has 4 atom stereocenters. The van der Waals surface area contributed by atoms with Crippen LogP contribution in [0.15, 0.2) is 12.1 Å². The lowest BCUT2D eigenvalue weighted by Gasteiger charge is -2.32. The van der Waals surface area contributed by atoms with E-state index in [0.29, 0.717) is 6.07 Å². The lowest BCUT2D eigenvalue weighted by atomic mass is 9.76. The molecule has 1 aliphatic heterocycles. The molecule has 1 aromatic rings. The fourth-order valence-corrected chi connectivity index (χ4v) is 3.40. The number of halogens is 6. The van der Waals surface area contributed by atoms with Crippen LogP contribution in [0.4, 0.5) is 26.3 Å². The Hall–Kier alpha value is -1.97. The summed E-state index contributed by atoms with van der Waals surface area (Å²) in [7, 11) is 1.95. The minimum absolute atomic E-state index is 0.190. The second-order valence-corrected chi connectivity index (χ2v) is 6.37. The fraction of sp³-hybridized carbons (Fsp3) is 0.588. The number of alkyl halides is 5. The van der Waals surface area contributed by atoms with Gasteiger partial charge in [-0.05, 0) is 13.0 Å². The first-order valence-corrected chi connectivity index (χ1v) is 7.87. The number of methoxy groups -OCH3 is 2. The van der Waals surface area contributed by atoms with E-state index in [1.165, 1.54) is 6.92 Å². The van der Waals surface area contributed by atoms with E-state index in [-0.39, 0.29) is 5.56 Å². The van der Waals surface area contributed by atoms with E-state index in [4.69, 9.17) is 9.47 Å². The molecule has 0 unspecified atom stereocenters. The molecule has 1 heterocycles. The zero-order chi connectivity index (χ0) is 20.7. The molecule has 2 rings (SSSR count). The molecule has 27 heavy (non-hydrogen) atoms. The number of esters is 1. The van der Waals surface area contributed by atoms with Crippen molar-refractivity contribution in [2.24, 2.45) is 5.92 Å². The summed E-state index contributed by atoms with van der Waals surface area (Å²) in [6.07, 6.45) is -9.86. The van der Waals surface area contributed by atoms with Gasteiger partial charge in [-0.2, -0.15) is 13.2 Å². The van der Waals surface area contributed by atoms with E-state index in [9.17, 15) is 31.1 Å². The van der Waals surface area contributed by atoms with Gasteiger partial charge >= 0.3 is 12.1 Å². The minimum atomic E-state index is -4.85. The minimum Gasteiger partial charge on any atom is -0.496 e. The van der Waals surface area contributed by atoms with Crippen molar-refractivity contribution in [1.82, 2.24) is 0 Å². The van der Waals surface area contributed by atoms with Crippen LogP contribution in [-0.2, 0) is 14.3 Å². The van der Waals surface area contributed by atoms with E-state index in [1.807, 2.05) is 0 Å². The SMILES string of the molecule is COC(=O)[C@H]1O[C@](C)(C(F)(F)F)[C@H](C)[C@@H]1c1ccc(F)c(C(F)F)c1OC. The Kier molecular flexibility index (Phi) is 5.70. The monoisotopic (exact) mass is 400 g/mol. The molecule has 1 aliphatic rings.